The van der Waals surface area contributed by atoms with E-state index in [1.54, 1.807) is 12.4 Å². The predicted octanol–water partition coefficient (Wildman–Crippen LogP) is 4.93. The van der Waals surface area contributed by atoms with E-state index in [0.717, 1.165) is 65.8 Å². The van der Waals surface area contributed by atoms with Crippen molar-refractivity contribution in [1.82, 2.24) is 29.6 Å². The maximum atomic E-state index is 6.50. The highest BCUT2D eigenvalue weighted by Crippen LogP contribution is 2.32. The van der Waals surface area contributed by atoms with Crippen molar-refractivity contribution in [2.45, 2.75) is 57.7 Å². The number of piperidine rings is 1. The molecule has 1 aromatic carbocycles. The monoisotopic (exact) mass is 535 g/mol. The second-order valence-corrected chi connectivity index (χ2v) is 10.7. The third kappa shape index (κ3) is 5.55. The minimum Gasteiger partial charge on any atom is -0.398 e. The first-order valence-corrected chi connectivity index (χ1v) is 14.3. The van der Waals surface area contributed by atoms with Crippen molar-refractivity contribution in [2.24, 2.45) is 5.73 Å². The quantitative estimate of drug-likeness (QED) is 0.342. The number of aryl methyl sites for hydroxylation is 1. The summed E-state index contributed by atoms with van der Waals surface area (Å²) < 4.78 is 7.50. The molecule has 2 fully saturated rings. The molecule has 8 nitrogen and oxygen atoms in total. The van der Waals surface area contributed by atoms with Crippen LogP contribution in [0, 0.1) is 0 Å². The lowest BCUT2D eigenvalue weighted by molar-refractivity contribution is -0.129. The molecule has 0 aliphatic carbocycles. The van der Waals surface area contributed by atoms with Gasteiger partial charge in [-0.15, -0.1) is 0 Å². The van der Waals surface area contributed by atoms with Crippen molar-refractivity contribution in [3.8, 4) is 22.5 Å². The molecule has 4 aromatic rings. The summed E-state index contributed by atoms with van der Waals surface area (Å²) in [7, 11) is 0. The van der Waals surface area contributed by atoms with Gasteiger partial charge in [0.15, 0.2) is 0 Å². The molecule has 2 aliphatic heterocycles. The first-order chi connectivity index (χ1) is 19.6. The molecular weight excluding hydrogens is 498 g/mol. The third-order valence-electron chi connectivity index (χ3n) is 8.29. The van der Waals surface area contributed by atoms with Crippen LogP contribution in [0.5, 0.6) is 0 Å². The standard InChI is InChI=1S/C32H37N7O/c1-3-39-20-27(32(37-39)26-5-4-15-34-19-26)29-12-16-35-31(36-29)11-10-28(33)25-8-6-23(7-9-25)24-13-17-38(18-14-24)30-21-40-22(30)2/h4-10,12,15-16,19-20,22,24,30H,3,11,13-14,17-18,21,33H2,1-2H3/b28-10+/t22-,30?/m1/s1. The number of aromatic nitrogens is 5. The second kappa shape index (κ2) is 11.7. The molecule has 2 aliphatic rings. The van der Waals surface area contributed by atoms with Gasteiger partial charge < -0.3 is 10.5 Å². The van der Waals surface area contributed by atoms with E-state index in [9.17, 15) is 0 Å². The number of pyridine rings is 1. The normalized spacial score (nSPS) is 20.4. The number of rotatable bonds is 8. The van der Waals surface area contributed by atoms with Gasteiger partial charge in [0.2, 0.25) is 0 Å². The molecule has 6 rings (SSSR count). The highest BCUT2D eigenvalue weighted by atomic mass is 16.5. The summed E-state index contributed by atoms with van der Waals surface area (Å²) in [5.74, 6) is 1.33. The Balaban J connectivity index is 1.12. The van der Waals surface area contributed by atoms with Crippen LogP contribution in [0.15, 0.2) is 73.3 Å². The summed E-state index contributed by atoms with van der Waals surface area (Å²) in [6, 6.07) is 15.3. The molecule has 206 valence electrons. The zero-order chi connectivity index (χ0) is 27.5. The van der Waals surface area contributed by atoms with Gasteiger partial charge >= 0.3 is 0 Å². The topological polar surface area (TPSA) is 95.0 Å². The molecule has 2 atom stereocenters. The van der Waals surface area contributed by atoms with Gasteiger partial charge in [0.25, 0.3) is 0 Å². The van der Waals surface area contributed by atoms with E-state index in [4.69, 9.17) is 20.6 Å². The van der Waals surface area contributed by atoms with Crippen LogP contribution in [-0.2, 0) is 17.7 Å². The molecule has 2 saturated heterocycles. The predicted molar refractivity (Wildman–Crippen MR) is 157 cm³/mol. The van der Waals surface area contributed by atoms with E-state index in [1.807, 2.05) is 41.4 Å². The number of allylic oxidation sites excluding steroid dienone is 1. The van der Waals surface area contributed by atoms with Crippen LogP contribution in [0.3, 0.4) is 0 Å². The van der Waals surface area contributed by atoms with E-state index in [0.29, 0.717) is 24.5 Å². The fraction of sp³-hybridized carbons (Fsp3) is 0.375. The number of nitrogens with two attached hydrogens (primary N) is 1. The number of nitrogens with zero attached hydrogens (tertiary/aromatic N) is 6. The molecule has 40 heavy (non-hydrogen) atoms. The first kappa shape index (κ1) is 26.3. The Morgan fingerprint density at radius 2 is 1.93 bits per heavy atom. The smallest absolute Gasteiger partial charge is 0.132 e. The molecular formula is C32H37N7O. The van der Waals surface area contributed by atoms with Gasteiger partial charge in [0.05, 0.1) is 24.4 Å². The van der Waals surface area contributed by atoms with Crippen molar-refractivity contribution >= 4 is 5.70 Å². The zero-order valence-electron chi connectivity index (χ0n) is 23.3. The van der Waals surface area contributed by atoms with Crippen molar-refractivity contribution < 1.29 is 4.74 Å². The van der Waals surface area contributed by atoms with Gasteiger partial charge in [0.1, 0.15) is 11.5 Å². The fourth-order valence-electron chi connectivity index (χ4n) is 5.74. The number of hydrogen-bond acceptors (Lipinski definition) is 7. The summed E-state index contributed by atoms with van der Waals surface area (Å²) in [5.41, 5.74) is 13.3. The Labute approximate surface area is 235 Å². The summed E-state index contributed by atoms with van der Waals surface area (Å²) >= 11 is 0. The Hall–Kier alpha value is -3.88. The Morgan fingerprint density at radius 3 is 2.60 bits per heavy atom. The van der Waals surface area contributed by atoms with Gasteiger partial charge in [-0.1, -0.05) is 30.3 Å². The van der Waals surface area contributed by atoms with E-state index >= 15 is 0 Å². The number of ether oxygens (including phenoxy) is 1. The molecule has 2 N–H and O–H groups in total. The highest BCUT2D eigenvalue weighted by Gasteiger charge is 2.35. The van der Waals surface area contributed by atoms with E-state index < -0.39 is 0 Å². The zero-order valence-corrected chi connectivity index (χ0v) is 23.3. The van der Waals surface area contributed by atoms with E-state index in [2.05, 4.69) is 53.0 Å². The van der Waals surface area contributed by atoms with Crippen LogP contribution in [0.25, 0.3) is 28.2 Å². The van der Waals surface area contributed by atoms with Crippen LogP contribution < -0.4 is 5.73 Å². The summed E-state index contributed by atoms with van der Waals surface area (Å²) in [5, 5.41) is 4.76. The molecule has 8 heteroatoms. The SMILES string of the molecule is CCn1cc(-c2ccnc(C/C=C(/N)c3ccc(C4CCN(C5CO[C@@H]5C)CC4)cc3)n2)c(-c2cccnc2)n1. The largest absolute Gasteiger partial charge is 0.398 e. The van der Waals surface area contributed by atoms with E-state index in [-0.39, 0.29) is 0 Å². The van der Waals surface area contributed by atoms with Gasteiger partial charge in [-0.05, 0) is 75.0 Å². The summed E-state index contributed by atoms with van der Waals surface area (Å²) in [6.45, 7) is 8.21. The first-order valence-electron chi connectivity index (χ1n) is 14.3. The lowest BCUT2D eigenvalue weighted by Gasteiger charge is -2.45. The Kier molecular flexibility index (Phi) is 7.71. The van der Waals surface area contributed by atoms with Crippen molar-refractivity contribution in [1.29, 1.82) is 0 Å². The molecule has 0 radical (unpaired) electrons. The van der Waals surface area contributed by atoms with Gasteiger partial charge in [-0.3, -0.25) is 14.6 Å². The fourth-order valence-corrected chi connectivity index (χ4v) is 5.74. The van der Waals surface area contributed by atoms with Crippen LogP contribution >= 0.6 is 0 Å². The number of benzene rings is 1. The maximum Gasteiger partial charge on any atom is 0.132 e. The average molecular weight is 536 g/mol. The van der Waals surface area contributed by atoms with Crippen LogP contribution in [-0.4, -0.2) is 61.5 Å². The highest BCUT2D eigenvalue weighted by molar-refractivity contribution is 5.78. The van der Waals surface area contributed by atoms with Crippen molar-refractivity contribution in [2.75, 3.05) is 19.7 Å². The van der Waals surface area contributed by atoms with Gasteiger partial charge in [-0.25, -0.2) is 9.97 Å². The summed E-state index contributed by atoms with van der Waals surface area (Å²) in [6.07, 6.45) is 12.8. The molecule has 1 unspecified atom stereocenters. The van der Waals surface area contributed by atoms with Gasteiger partial charge in [0, 0.05) is 54.6 Å². The van der Waals surface area contributed by atoms with Crippen LogP contribution in [0.1, 0.15) is 49.6 Å². The average Bonchev–Trinajstić information content (AvgIpc) is 3.45. The number of hydrogen-bond donors (Lipinski definition) is 1. The van der Waals surface area contributed by atoms with E-state index in [1.165, 1.54) is 18.4 Å². The molecule has 0 saturated carbocycles. The molecule has 0 bridgehead atoms. The summed E-state index contributed by atoms with van der Waals surface area (Å²) in [4.78, 5) is 16.2. The second-order valence-electron chi connectivity index (χ2n) is 10.7. The minimum atomic E-state index is 0.378. The molecule has 3 aromatic heterocycles. The minimum absolute atomic E-state index is 0.378. The maximum absolute atomic E-state index is 6.50. The van der Waals surface area contributed by atoms with Crippen LogP contribution in [0.4, 0.5) is 0 Å². The Bertz CT molecular complexity index is 1460. The van der Waals surface area contributed by atoms with Crippen LogP contribution in [0.2, 0.25) is 0 Å². The van der Waals surface area contributed by atoms with Crippen molar-refractivity contribution in [3.05, 3.63) is 90.3 Å². The third-order valence-corrected chi connectivity index (χ3v) is 8.29. The Morgan fingerprint density at radius 1 is 1.10 bits per heavy atom. The lowest BCUT2D eigenvalue weighted by Crippen LogP contribution is -2.56. The van der Waals surface area contributed by atoms with Gasteiger partial charge in [-0.2, -0.15) is 5.10 Å². The van der Waals surface area contributed by atoms with Crippen molar-refractivity contribution in [3.63, 3.8) is 0 Å². The lowest BCUT2D eigenvalue weighted by atomic mass is 9.87. The molecule has 0 spiro atoms. The number of likely N-dealkylation sites (tertiary alicyclic amines) is 1. The molecule has 5 heterocycles. The molecule has 0 amide bonds.